The van der Waals surface area contributed by atoms with Gasteiger partial charge in [0.05, 0.1) is 11.4 Å². The summed E-state index contributed by atoms with van der Waals surface area (Å²) in [4.78, 5) is 42.9. The quantitative estimate of drug-likeness (QED) is 0.571. The molecule has 2 amide bonds. The summed E-state index contributed by atoms with van der Waals surface area (Å²) >= 11 is 1.25. The number of hydrogen-bond acceptors (Lipinski definition) is 7. The maximum Gasteiger partial charge on any atom is 0.358 e. The van der Waals surface area contributed by atoms with Crippen molar-refractivity contribution in [2.24, 2.45) is 0 Å². The Morgan fingerprint density at radius 1 is 1.39 bits per heavy atom. The minimum absolute atomic E-state index is 0.111. The average molecular weight is 400 g/mol. The summed E-state index contributed by atoms with van der Waals surface area (Å²) in [5.74, 6) is -1.52. The van der Waals surface area contributed by atoms with E-state index in [4.69, 9.17) is 4.74 Å². The van der Waals surface area contributed by atoms with Gasteiger partial charge in [-0.25, -0.2) is 9.78 Å². The molecule has 9 heteroatoms. The Morgan fingerprint density at radius 2 is 2.14 bits per heavy atom. The Hall–Kier alpha value is -3.20. The molecular weight excluding hydrogens is 380 g/mol. The van der Waals surface area contributed by atoms with Crippen LogP contribution in [-0.2, 0) is 14.3 Å². The number of ether oxygens (including phenoxy) is 1. The van der Waals surface area contributed by atoms with Crippen molar-refractivity contribution in [1.82, 2.24) is 4.98 Å². The van der Waals surface area contributed by atoms with Gasteiger partial charge in [-0.05, 0) is 26.0 Å². The van der Waals surface area contributed by atoms with E-state index in [1.807, 2.05) is 0 Å². The molecule has 0 atom stereocenters. The van der Waals surface area contributed by atoms with Crippen LogP contribution in [0.4, 0.5) is 16.5 Å². The normalized spacial score (nSPS) is 14.6. The van der Waals surface area contributed by atoms with Crippen LogP contribution in [-0.4, -0.2) is 41.5 Å². The first-order valence-corrected chi connectivity index (χ1v) is 9.43. The Kier molecular flexibility index (Phi) is 5.46. The molecule has 1 aromatic heterocycles. The van der Waals surface area contributed by atoms with Gasteiger partial charge in [-0.2, -0.15) is 0 Å². The van der Waals surface area contributed by atoms with Crippen molar-refractivity contribution < 1.29 is 19.1 Å². The van der Waals surface area contributed by atoms with E-state index >= 15 is 0 Å². The Balaban J connectivity index is 1.72. The molecule has 0 aliphatic carbocycles. The van der Waals surface area contributed by atoms with Crippen molar-refractivity contribution in [2.45, 2.75) is 19.4 Å². The molecule has 28 heavy (non-hydrogen) atoms. The molecule has 2 N–H and O–H groups in total. The van der Waals surface area contributed by atoms with Crippen molar-refractivity contribution >= 4 is 45.6 Å². The first kappa shape index (κ1) is 19.6. The van der Waals surface area contributed by atoms with Gasteiger partial charge in [0.1, 0.15) is 5.54 Å². The van der Waals surface area contributed by atoms with Gasteiger partial charge in [-0.15, -0.1) is 17.9 Å². The molecular formula is C19H20N4O4S. The van der Waals surface area contributed by atoms with Crippen LogP contribution in [0.15, 0.2) is 42.3 Å². The third-order valence-corrected chi connectivity index (χ3v) is 4.99. The number of esters is 1. The molecule has 2 heterocycles. The summed E-state index contributed by atoms with van der Waals surface area (Å²) in [6.45, 7) is 6.88. The molecule has 1 aliphatic heterocycles. The van der Waals surface area contributed by atoms with Crippen molar-refractivity contribution in [2.75, 3.05) is 28.7 Å². The minimum atomic E-state index is -1.12. The zero-order chi connectivity index (χ0) is 20.3. The van der Waals surface area contributed by atoms with Crippen LogP contribution >= 0.6 is 11.3 Å². The first-order valence-electron chi connectivity index (χ1n) is 8.55. The van der Waals surface area contributed by atoms with Crippen LogP contribution in [0, 0.1) is 0 Å². The van der Waals surface area contributed by atoms with E-state index < -0.39 is 24.0 Å². The highest BCUT2D eigenvalue weighted by molar-refractivity contribution is 7.13. The van der Waals surface area contributed by atoms with Crippen molar-refractivity contribution in [3.8, 4) is 0 Å². The van der Waals surface area contributed by atoms with E-state index in [0.29, 0.717) is 23.1 Å². The fraction of sp³-hybridized carbons (Fsp3) is 0.263. The fourth-order valence-corrected chi connectivity index (χ4v) is 3.46. The molecule has 0 saturated heterocycles. The van der Waals surface area contributed by atoms with E-state index in [-0.39, 0.29) is 11.6 Å². The molecule has 0 spiro atoms. The number of benzene rings is 1. The van der Waals surface area contributed by atoms with E-state index in [2.05, 4.69) is 22.2 Å². The van der Waals surface area contributed by atoms with E-state index in [0.717, 1.165) is 0 Å². The van der Waals surface area contributed by atoms with Crippen molar-refractivity contribution in [3.05, 3.63) is 48.0 Å². The molecule has 8 nitrogen and oxygen atoms in total. The topological polar surface area (TPSA) is 101 Å². The minimum Gasteiger partial charge on any atom is -0.451 e. The second-order valence-corrected chi connectivity index (χ2v) is 7.40. The lowest BCUT2D eigenvalue weighted by molar-refractivity contribution is -0.128. The standard InChI is InChI=1S/C19H20N4O4S/c1-4-9-20-18-22-13(11-28-18)16(25)27-10-15(24)23-14-8-6-5-7-12(14)21-17(26)19(23,2)3/h4-8,11H,1,9-10H2,2-3H3,(H,20,22)(H,21,26). The third-order valence-electron chi connectivity index (χ3n) is 4.19. The maximum absolute atomic E-state index is 12.8. The smallest absolute Gasteiger partial charge is 0.358 e. The Labute approximate surface area is 166 Å². The zero-order valence-electron chi connectivity index (χ0n) is 15.5. The summed E-state index contributed by atoms with van der Waals surface area (Å²) in [6, 6.07) is 6.97. The molecule has 0 unspecified atom stereocenters. The molecule has 146 valence electrons. The second-order valence-electron chi connectivity index (χ2n) is 6.54. The third kappa shape index (κ3) is 3.74. The Morgan fingerprint density at radius 3 is 2.89 bits per heavy atom. The highest BCUT2D eigenvalue weighted by Crippen LogP contribution is 2.36. The molecule has 1 aliphatic rings. The van der Waals surface area contributed by atoms with Gasteiger partial charge in [0.25, 0.3) is 5.91 Å². The van der Waals surface area contributed by atoms with Gasteiger partial charge in [0.15, 0.2) is 17.4 Å². The van der Waals surface area contributed by atoms with Crippen LogP contribution in [0.3, 0.4) is 0 Å². The fourth-order valence-electron chi connectivity index (χ4n) is 2.77. The SMILES string of the molecule is C=CCNc1nc(C(=O)OCC(=O)N2c3ccccc3NC(=O)C2(C)C)cs1. The largest absolute Gasteiger partial charge is 0.451 e. The number of para-hydroxylation sites is 2. The van der Waals surface area contributed by atoms with Crippen LogP contribution < -0.4 is 15.5 Å². The average Bonchev–Trinajstić information content (AvgIpc) is 3.14. The highest BCUT2D eigenvalue weighted by atomic mass is 32.1. The summed E-state index contributed by atoms with van der Waals surface area (Å²) in [5, 5.41) is 7.86. The van der Waals surface area contributed by atoms with Gasteiger partial charge in [0.2, 0.25) is 5.91 Å². The maximum atomic E-state index is 12.8. The van der Waals surface area contributed by atoms with Gasteiger partial charge in [-0.3, -0.25) is 14.5 Å². The number of carbonyl (C=O) groups is 3. The molecule has 3 rings (SSSR count). The number of carbonyl (C=O) groups excluding carboxylic acids is 3. The number of aromatic nitrogens is 1. The van der Waals surface area contributed by atoms with Crippen LogP contribution in [0.2, 0.25) is 0 Å². The molecule has 2 aromatic rings. The number of rotatable bonds is 6. The van der Waals surface area contributed by atoms with Gasteiger partial charge in [0, 0.05) is 11.9 Å². The van der Waals surface area contributed by atoms with Gasteiger partial charge >= 0.3 is 5.97 Å². The molecule has 0 saturated carbocycles. The monoisotopic (exact) mass is 400 g/mol. The molecule has 0 radical (unpaired) electrons. The van der Waals surface area contributed by atoms with Crippen LogP contribution in [0.25, 0.3) is 0 Å². The summed E-state index contributed by atoms with van der Waals surface area (Å²) in [5.41, 5.74) is 0.0716. The molecule has 1 aromatic carbocycles. The van der Waals surface area contributed by atoms with E-state index in [1.165, 1.54) is 16.2 Å². The zero-order valence-corrected chi connectivity index (χ0v) is 16.3. The van der Waals surface area contributed by atoms with Crippen LogP contribution in [0.5, 0.6) is 0 Å². The number of fused-ring (bicyclic) bond motifs is 1. The van der Waals surface area contributed by atoms with Gasteiger partial charge < -0.3 is 15.4 Å². The van der Waals surface area contributed by atoms with Crippen molar-refractivity contribution in [1.29, 1.82) is 0 Å². The predicted molar refractivity (Wildman–Crippen MR) is 108 cm³/mol. The van der Waals surface area contributed by atoms with Gasteiger partial charge in [-0.1, -0.05) is 18.2 Å². The number of thiazole rings is 1. The predicted octanol–water partition coefficient (Wildman–Crippen LogP) is 2.66. The van der Waals surface area contributed by atoms with Crippen molar-refractivity contribution in [3.63, 3.8) is 0 Å². The Bertz CT molecular complexity index is 938. The number of anilines is 3. The number of nitrogens with zero attached hydrogens (tertiary/aromatic N) is 2. The van der Waals surface area contributed by atoms with E-state index in [1.54, 1.807) is 49.6 Å². The van der Waals surface area contributed by atoms with E-state index in [9.17, 15) is 14.4 Å². The number of hydrogen-bond donors (Lipinski definition) is 2. The molecule has 0 bridgehead atoms. The lowest BCUT2D eigenvalue weighted by Crippen LogP contribution is -2.59. The van der Waals surface area contributed by atoms with Crippen LogP contribution in [0.1, 0.15) is 24.3 Å². The lowest BCUT2D eigenvalue weighted by Gasteiger charge is -2.41. The summed E-state index contributed by atoms with van der Waals surface area (Å²) < 4.78 is 5.14. The number of amides is 2. The second kappa shape index (κ2) is 7.81. The highest BCUT2D eigenvalue weighted by Gasteiger charge is 2.43. The lowest BCUT2D eigenvalue weighted by atomic mass is 9.96. The first-order chi connectivity index (χ1) is 13.3. The summed E-state index contributed by atoms with van der Waals surface area (Å²) in [7, 11) is 0. The molecule has 0 fully saturated rings. The summed E-state index contributed by atoms with van der Waals surface area (Å²) in [6.07, 6.45) is 1.67. The number of nitrogens with one attached hydrogen (secondary N) is 2.